The van der Waals surface area contributed by atoms with Crippen LogP contribution in [0.15, 0.2) is 112 Å². The predicted octanol–water partition coefficient (Wildman–Crippen LogP) is 8.11. The standard InChI is InChI=1S/C49H59ClFN5O8S/c1-48(2)34-17-7-9-19-36(34)54(27-11-5-6-21-42(57)63-31-38-45(58)44(51)46(64-38)56-29-26-41(52)53-47(56)59)39(48)24-22-32-15-14-16-33(43(32)50)23-25-40-49(3,4)35-18-8-10-20-37(35)55(40)28-12-13-30-65(60,61)62/h7-10,17-20,22-26,29,38,44-46,58H,5-6,11-16,21,27-28,30-31H2,1-4H3,(H2-,52,53,59,60,61,62)/p+1. The van der Waals surface area contributed by atoms with Crippen molar-refractivity contribution in [1.82, 2.24) is 9.55 Å². The summed E-state index contributed by atoms with van der Waals surface area (Å²) in [5, 5.41) is 11.2. The molecule has 65 heavy (non-hydrogen) atoms. The van der Waals surface area contributed by atoms with Crippen LogP contribution in [-0.2, 0) is 35.2 Å². The van der Waals surface area contributed by atoms with Crippen LogP contribution in [0.2, 0.25) is 0 Å². The lowest BCUT2D eigenvalue weighted by atomic mass is 9.81. The molecule has 4 unspecified atom stereocenters. The van der Waals surface area contributed by atoms with E-state index in [-0.39, 0.29) is 35.4 Å². The van der Waals surface area contributed by atoms with Gasteiger partial charge in [-0.25, -0.2) is 9.18 Å². The van der Waals surface area contributed by atoms with Gasteiger partial charge in [0.15, 0.2) is 18.1 Å². The summed E-state index contributed by atoms with van der Waals surface area (Å²) < 4.78 is 61.2. The van der Waals surface area contributed by atoms with Crippen molar-refractivity contribution in [2.45, 2.75) is 121 Å². The second kappa shape index (κ2) is 19.9. The van der Waals surface area contributed by atoms with Crippen LogP contribution in [0.5, 0.6) is 0 Å². The number of nitrogens with zero attached hydrogens (tertiary/aromatic N) is 4. The number of nitrogen functional groups attached to an aromatic ring is 1. The number of halogens is 2. The highest BCUT2D eigenvalue weighted by atomic mass is 35.5. The summed E-state index contributed by atoms with van der Waals surface area (Å²) in [6.45, 7) is 9.85. The molecule has 1 saturated heterocycles. The summed E-state index contributed by atoms with van der Waals surface area (Å²) in [6.07, 6.45) is 9.68. The number of ether oxygens (including phenoxy) is 2. The quantitative estimate of drug-likeness (QED) is 0.0516. The molecule has 4 aliphatic rings. The number of aliphatic hydroxyl groups is 1. The van der Waals surface area contributed by atoms with E-state index in [0.717, 1.165) is 82.2 Å². The number of aromatic nitrogens is 2. The number of fused-ring (bicyclic) bond motifs is 2. The average Bonchev–Trinajstić information content (AvgIpc) is 3.75. The van der Waals surface area contributed by atoms with Gasteiger partial charge in [-0.1, -0.05) is 74.0 Å². The minimum Gasteiger partial charge on any atom is -0.463 e. The normalized spacial score (nSPS) is 23.8. The van der Waals surface area contributed by atoms with Crippen LogP contribution in [-0.4, -0.2) is 87.7 Å². The lowest BCUT2D eigenvalue weighted by Gasteiger charge is -2.27. The molecule has 1 fully saturated rings. The van der Waals surface area contributed by atoms with Crippen molar-refractivity contribution in [2.24, 2.45) is 0 Å². The third-order valence-corrected chi connectivity index (χ3v) is 14.4. The summed E-state index contributed by atoms with van der Waals surface area (Å²) in [5.74, 6) is -0.774. The lowest BCUT2D eigenvalue weighted by Crippen LogP contribution is -2.34. The molecular formula is C49H60ClFN5O8S+. The number of aliphatic hydroxyl groups excluding tert-OH is 1. The number of carbonyl (C=O) groups excluding carboxylic acids is 1. The van der Waals surface area contributed by atoms with E-state index < -0.39 is 46.4 Å². The van der Waals surface area contributed by atoms with E-state index in [1.165, 1.54) is 23.4 Å². The molecule has 4 heterocycles. The largest absolute Gasteiger partial charge is 0.463 e. The van der Waals surface area contributed by atoms with Gasteiger partial charge < -0.3 is 25.2 Å². The summed E-state index contributed by atoms with van der Waals surface area (Å²) in [7, 11) is -4.02. The van der Waals surface area contributed by atoms with E-state index >= 15 is 0 Å². The highest BCUT2D eigenvalue weighted by molar-refractivity contribution is 7.85. The van der Waals surface area contributed by atoms with Gasteiger partial charge in [0, 0.05) is 65.1 Å². The molecule has 0 amide bonds. The molecule has 16 heteroatoms. The van der Waals surface area contributed by atoms with Gasteiger partial charge in [-0.2, -0.15) is 18.0 Å². The van der Waals surface area contributed by atoms with Crippen molar-refractivity contribution in [3.05, 3.63) is 129 Å². The summed E-state index contributed by atoms with van der Waals surface area (Å²) >= 11 is 7.24. The Kier molecular flexibility index (Phi) is 14.7. The number of hydrogen-bond acceptors (Lipinski definition) is 10. The Labute approximate surface area is 385 Å². The Hall–Kier alpha value is -4.93. The first-order chi connectivity index (χ1) is 30.9. The van der Waals surface area contributed by atoms with Gasteiger partial charge in [0.1, 0.15) is 31.2 Å². The number of unbranched alkanes of at least 4 members (excludes halogenated alkanes) is 3. The number of para-hydroxylation sites is 2. The van der Waals surface area contributed by atoms with Crippen LogP contribution in [0, 0.1) is 0 Å². The van der Waals surface area contributed by atoms with Gasteiger partial charge in [-0.05, 0) is 93.7 Å². The Morgan fingerprint density at radius 2 is 1.74 bits per heavy atom. The van der Waals surface area contributed by atoms with E-state index in [1.807, 2.05) is 18.2 Å². The fraction of sp³-hybridized carbons (Fsp3) is 0.469. The summed E-state index contributed by atoms with van der Waals surface area (Å²) in [6, 6.07) is 18.0. The molecule has 7 rings (SSSR count). The molecule has 4 atom stereocenters. The van der Waals surface area contributed by atoms with E-state index in [0.29, 0.717) is 25.8 Å². The molecule has 4 N–H and O–H groups in total. The smallest absolute Gasteiger partial charge is 0.351 e. The zero-order valence-corrected chi connectivity index (χ0v) is 39.0. The maximum absolute atomic E-state index is 14.9. The van der Waals surface area contributed by atoms with Gasteiger partial charge in [-0.15, -0.1) is 0 Å². The molecule has 3 aliphatic heterocycles. The number of nitrogens with two attached hydrogens (primary N) is 1. The Balaban J connectivity index is 1.00. The third-order valence-electron chi connectivity index (χ3n) is 13.1. The highest BCUT2D eigenvalue weighted by Gasteiger charge is 2.47. The molecular weight excluding hydrogens is 873 g/mol. The minimum atomic E-state index is -4.02. The van der Waals surface area contributed by atoms with Crippen LogP contribution in [0.25, 0.3) is 0 Å². The Morgan fingerprint density at radius 1 is 1.00 bits per heavy atom. The van der Waals surface area contributed by atoms with Crippen molar-refractivity contribution in [3.8, 4) is 0 Å². The van der Waals surface area contributed by atoms with Crippen LogP contribution in [0.4, 0.5) is 21.6 Å². The van der Waals surface area contributed by atoms with Crippen LogP contribution in [0.3, 0.4) is 0 Å². The molecule has 0 bridgehead atoms. The number of carbonyl (C=O) groups is 1. The molecule has 2 aromatic carbocycles. The third kappa shape index (κ3) is 10.5. The Bertz CT molecular complexity index is 2620. The van der Waals surface area contributed by atoms with Crippen LogP contribution < -0.4 is 16.3 Å². The maximum atomic E-state index is 14.9. The molecule has 0 spiro atoms. The van der Waals surface area contributed by atoms with E-state index in [9.17, 15) is 32.1 Å². The SMILES string of the molecule is CC1(C)C(=CC=C2CCCC(C=CC3=[N+](CCCCCC(=O)OCC4OC(n5ccc(N)nc5=O)C(F)C4O)c4ccccc4C3(C)C)=C2Cl)N(CCCCS(=O)(=O)O)c2ccccc21. The number of esters is 1. The second-order valence-corrected chi connectivity index (χ2v) is 20.2. The second-order valence-electron chi connectivity index (χ2n) is 18.3. The van der Waals surface area contributed by atoms with Gasteiger partial charge >= 0.3 is 11.7 Å². The topological polar surface area (TPSA) is 177 Å². The molecule has 1 aromatic heterocycles. The van der Waals surface area contributed by atoms with Crippen LogP contribution in [0.1, 0.15) is 103 Å². The molecule has 348 valence electrons. The molecule has 13 nitrogen and oxygen atoms in total. The summed E-state index contributed by atoms with van der Waals surface area (Å²) in [4.78, 5) is 30.8. The fourth-order valence-electron chi connectivity index (χ4n) is 9.53. The van der Waals surface area contributed by atoms with Gasteiger partial charge in [0.05, 0.1) is 11.2 Å². The van der Waals surface area contributed by atoms with Crippen molar-refractivity contribution in [1.29, 1.82) is 0 Å². The van der Waals surface area contributed by atoms with Gasteiger partial charge in [0.2, 0.25) is 5.69 Å². The number of rotatable bonds is 17. The zero-order valence-electron chi connectivity index (χ0n) is 37.5. The Morgan fingerprint density at radius 3 is 2.49 bits per heavy atom. The van der Waals surface area contributed by atoms with E-state index in [2.05, 4.69) is 96.8 Å². The first-order valence-corrected chi connectivity index (χ1v) is 24.4. The highest BCUT2D eigenvalue weighted by Crippen LogP contribution is 2.48. The number of benzene rings is 2. The molecule has 0 saturated carbocycles. The maximum Gasteiger partial charge on any atom is 0.351 e. The first kappa shape index (κ1) is 48.0. The van der Waals surface area contributed by atoms with Crippen molar-refractivity contribution >= 4 is 50.6 Å². The lowest BCUT2D eigenvalue weighted by molar-refractivity contribution is -0.438. The number of anilines is 2. The van der Waals surface area contributed by atoms with Crippen LogP contribution >= 0.6 is 11.6 Å². The monoisotopic (exact) mass is 932 g/mol. The molecule has 3 aromatic rings. The van der Waals surface area contributed by atoms with Gasteiger partial charge in [0.25, 0.3) is 10.1 Å². The zero-order chi connectivity index (χ0) is 46.7. The van der Waals surface area contributed by atoms with Crippen molar-refractivity contribution < 1.29 is 41.3 Å². The first-order valence-electron chi connectivity index (χ1n) is 22.4. The fourth-order valence-corrected chi connectivity index (χ4v) is 10.4. The van der Waals surface area contributed by atoms with Crippen molar-refractivity contribution in [2.75, 3.05) is 36.1 Å². The van der Waals surface area contributed by atoms with Crippen molar-refractivity contribution in [3.63, 3.8) is 0 Å². The average molecular weight is 934 g/mol. The van der Waals surface area contributed by atoms with E-state index in [4.69, 9.17) is 26.8 Å². The number of alkyl halides is 1. The predicted molar refractivity (Wildman–Crippen MR) is 251 cm³/mol. The molecule has 0 radical (unpaired) electrons. The molecule has 1 aliphatic carbocycles. The van der Waals surface area contributed by atoms with Gasteiger partial charge in [-0.3, -0.25) is 13.9 Å². The minimum absolute atomic E-state index is 0.0234. The number of allylic oxidation sites excluding steroid dienone is 8. The number of hydrogen-bond donors (Lipinski definition) is 3. The van der Waals surface area contributed by atoms with E-state index in [1.54, 1.807) is 0 Å². The summed E-state index contributed by atoms with van der Waals surface area (Å²) in [5.41, 5.74) is 13.2.